The summed E-state index contributed by atoms with van der Waals surface area (Å²) < 4.78 is 0. The molecule has 1 aromatic heterocycles. The number of nitrogens with two attached hydrogens (primary N) is 2. The number of aromatic nitrogens is 1. The van der Waals surface area contributed by atoms with Crippen molar-refractivity contribution in [3.63, 3.8) is 0 Å². The quantitative estimate of drug-likeness (QED) is 0.687. The van der Waals surface area contributed by atoms with Crippen molar-refractivity contribution in [3.05, 3.63) is 17.4 Å². The molecule has 0 radical (unpaired) electrons. The molecule has 1 atom stereocenters. The lowest BCUT2D eigenvalue weighted by molar-refractivity contribution is -0.118. The average molecular weight is 215 g/mol. The van der Waals surface area contributed by atoms with Crippen molar-refractivity contribution in [1.29, 1.82) is 0 Å². The molecule has 5 N–H and O–H groups in total. The van der Waals surface area contributed by atoms with Crippen molar-refractivity contribution in [2.24, 2.45) is 5.73 Å². The van der Waals surface area contributed by atoms with Gasteiger partial charge in [-0.25, -0.2) is 0 Å². The maximum Gasteiger partial charge on any atom is 0.239 e. The highest BCUT2D eigenvalue weighted by molar-refractivity contribution is 6.33. The van der Waals surface area contributed by atoms with Crippen molar-refractivity contribution in [2.75, 3.05) is 11.1 Å². The summed E-state index contributed by atoms with van der Waals surface area (Å²) in [6.07, 6.45) is 2.88. The van der Waals surface area contributed by atoms with E-state index >= 15 is 0 Å². The van der Waals surface area contributed by atoms with Gasteiger partial charge in [0.05, 0.1) is 22.6 Å². The van der Waals surface area contributed by atoms with Crippen LogP contribution in [0.15, 0.2) is 12.4 Å². The summed E-state index contributed by atoms with van der Waals surface area (Å²) in [4.78, 5) is 14.6. The molecule has 1 heterocycles. The molecule has 0 aromatic carbocycles. The average Bonchev–Trinajstić information content (AvgIpc) is 2.11. The first-order chi connectivity index (χ1) is 6.52. The van der Waals surface area contributed by atoms with E-state index in [4.69, 9.17) is 23.1 Å². The molecule has 14 heavy (non-hydrogen) atoms. The highest BCUT2D eigenvalue weighted by Crippen LogP contribution is 2.26. The van der Waals surface area contributed by atoms with E-state index in [9.17, 15) is 4.79 Å². The first-order valence-corrected chi connectivity index (χ1v) is 4.35. The molecule has 0 aliphatic heterocycles. The third-order valence-electron chi connectivity index (χ3n) is 1.72. The molecule has 0 fully saturated rings. The second-order valence-corrected chi connectivity index (χ2v) is 3.26. The Balaban J connectivity index is 2.91. The number of pyridine rings is 1. The normalized spacial score (nSPS) is 12.1. The lowest BCUT2D eigenvalue weighted by Gasteiger charge is -2.14. The van der Waals surface area contributed by atoms with Gasteiger partial charge in [-0.1, -0.05) is 11.6 Å². The van der Waals surface area contributed by atoms with Crippen LogP contribution < -0.4 is 16.8 Å². The third-order valence-corrected chi connectivity index (χ3v) is 2.00. The number of primary amides is 1. The molecule has 6 heteroatoms. The molecule has 5 nitrogen and oxygen atoms in total. The number of amides is 1. The first-order valence-electron chi connectivity index (χ1n) is 3.97. The summed E-state index contributed by atoms with van der Waals surface area (Å²) in [6, 6.07) is -0.530. The Bertz CT molecular complexity index is 335. The zero-order valence-electron chi connectivity index (χ0n) is 7.62. The van der Waals surface area contributed by atoms with Gasteiger partial charge in [0.2, 0.25) is 5.91 Å². The molecular weight excluding hydrogens is 204 g/mol. The summed E-state index contributed by atoms with van der Waals surface area (Å²) in [5.41, 5.74) is 11.6. The number of nitrogens with one attached hydrogen (secondary N) is 1. The Kier molecular flexibility index (Phi) is 3.14. The number of nitrogens with zero attached hydrogens (tertiary/aromatic N) is 1. The second-order valence-electron chi connectivity index (χ2n) is 2.85. The summed E-state index contributed by atoms with van der Waals surface area (Å²) in [7, 11) is 0. The topological polar surface area (TPSA) is 94.0 Å². The molecule has 0 aliphatic rings. The number of anilines is 2. The summed E-state index contributed by atoms with van der Waals surface area (Å²) in [5.74, 6) is -0.475. The van der Waals surface area contributed by atoms with Gasteiger partial charge in [-0.3, -0.25) is 9.78 Å². The van der Waals surface area contributed by atoms with E-state index < -0.39 is 11.9 Å². The lowest BCUT2D eigenvalue weighted by Crippen LogP contribution is -2.32. The van der Waals surface area contributed by atoms with E-state index in [2.05, 4.69) is 10.3 Å². The fourth-order valence-corrected chi connectivity index (χ4v) is 1.11. The molecule has 1 rings (SSSR count). The van der Waals surface area contributed by atoms with Gasteiger partial charge in [-0.05, 0) is 6.92 Å². The first kappa shape index (κ1) is 10.6. The van der Waals surface area contributed by atoms with Gasteiger partial charge in [0.1, 0.15) is 6.04 Å². The zero-order valence-corrected chi connectivity index (χ0v) is 8.38. The summed E-state index contributed by atoms with van der Waals surface area (Å²) >= 11 is 5.82. The van der Waals surface area contributed by atoms with Crippen LogP contribution in [-0.4, -0.2) is 16.9 Å². The summed E-state index contributed by atoms with van der Waals surface area (Å²) in [6.45, 7) is 1.62. The Hall–Kier alpha value is -1.49. The fourth-order valence-electron chi connectivity index (χ4n) is 0.890. The van der Waals surface area contributed by atoms with Crippen molar-refractivity contribution in [2.45, 2.75) is 13.0 Å². The van der Waals surface area contributed by atoms with E-state index in [1.54, 1.807) is 6.92 Å². The Labute approximate surface area is 86.4 Å². The van der Waals surface area contributed by atoms with Crippen LogP contribution in [0.3, 0.4) is 0 Å². The van der Waals surface area contributed by atoms with Crippen molar-refractivity contribution < 1.29 is 4.79 Å². The predicted octanol–water partition coefficient (Wildman–Crippen LogP) is 0.603. The van der Waals surface area contributed by atoms with Crippen LogP contribution in [0.4, 0.5) is 11.4 Å². The molecule has 0 saturated carbocycles. The predicted molar refractivity (Wildman–Crippen MR) is 55.9 cm³/mol. The Morgan fingerprint density at radius 1 is 1.64 bits per heavy atom. The van der Waals surface area contributed by atoms with Gasteiger partial charge in [-0.2, -0.15) is 0 Å². The van der Waals surface area contributed by atoms with Gasteiger partial charge in [0, 0.05) is 6.20 Å². The van der Waals surface area contributed by atoms with E-state index in [1.807, 2.05) is 0 Å². The smallest absolute Gasteiger partial charge is 0.239 e. The maximum atomic E-state index is 10.8. The largest absolute Gasteiger partial charge is 0.396 e. The SMILES string of the molecule is CC(Nc1c(N)cncc1Cl)C(N)=O. The standard InChI is InChI=1S/C8H11ClN4O/c1-4(8(11)14)13-7-5(9)2-12-3-6(7)10/h2-4H,10H2,1H3,(H2,11,14)(H,12,13). The molecular formula is C8H11ClN4O. The van der Waals surface area contributed by atoms with Crippen molar-refractivity contribution in [1.82, 2.24) is 4.98 Å². The van der Waals surface area contributed by atoms with Crippen molar-refractivity contribution >= 4 is 28.9 Å². The highest BCUT2D eigenvalue weighted by atomic mass is 35.5. The molecule has 76 valence electrons. The number of rotatable bonds is 3. The van der Waals surface area contributed by atoms with Gasteiger partial charge in [0.25, 0.3) is 0 Å². The van der Waals surface area contributed by atoms with E-state index in [-0.39, 0.29) is 0 Å². The van der Waals surface area contributed by atoms with Crippen molar-refractivity contribution in [3.8, 4) is 0 Å². The molecule has 0 spiro atoms. The molecule has 0 bridgehead atoms. The minimum atomic E-state index is -0.530. The van der Waals surface area contributed by atoms with Crippen LogP contribution in [0.5, 0.6) is 0 Å². The van der Waals surface area contributed by atoms with Gasteiger partial charge < -0.3 is 16.8 Å². The van der Waals surface area contributed by atoms with Crippen LogP contribution in [0, 0.1) is 0 Å². The van der Waals surface area contributed by atoms with E-state index in [0.717, 1.165) is 0 Å². The number of halogens is 1. The molecule has 1 unspecified atom stereocenters. The number of hydrogen-bond donors (Lipinski definition) is 3. The third kappa shape index (κ3) is 2.26. The lowest BCUT2D eigenvalue weighted by atomic mass is 10.2. The molecule has 1 aromatic rings. The minimum absolute atomic E-state index is 0.359. The van der Waals surface area contributed by atoms with E-state index in [0.29, 0.717) is 16.4 Å². The number of hydrogen-bond acceptors (Lipinski definition) is 4. The molecule has 1 amide bonds. The van der Waals surface area contributed by atoms with Gasteiger partial charge in [-0.15, -0.1) is 0 Å². The Morgan fingerprint density at radius 3 is 2.79 bits per heavy atom. The van der Waals surface area contributed by atoms with Crippen LogP contribution in [0.25, 0.3) is 0 Å². The molecule has 0 aliphatic carbocycles. The highest BCUT2D eigenvalue weighted by Gasteiger charge is 2.12. The van der Waals surface area contributed by atoms with Crippen LogP contribution >= 0.6 is 11.6 Å². The van der Waals surface area contributed by atoms with Crippen LogP contribution in [-0.2, 0) is 4.79 Å². The van der Waals surface area contributed by atoms with E-state index in [1.165, 1.54) is 12.4 Å². The minimum Gasteiger partial charge on any atom is -0.396 e. The summed E-state index contributed by atoms with van der Waals surface area (Å²) in [5, 5.41) is 3.17. The maximum absolute atomic E-state index is 10.8. The van der Waals surface area contributed by atoms with Gasteiger partial charge >= 0.3 is 0 Å². The Morgan fingerprint density at radius 2 is 2.29 bits per heavy atom. The second kappa shape index (κ2) is 4.15. The number of carbonyl (C=O) groups excluding carboxylic acids is 1. The zero-order chi connectivity index (χ0) is 10.7. The fraction of sp³-hybridized carbons (Fsp3) is 0.250. The van der Waals surface area contributed by atoms with Crippen LogP contribution in [0.2, 0.25) is 5.02 Å². The van der Waals surface area contributed by atoms with Crippen LogP contribution in [0.1, 0.15) is 6.92 Å². The monoisotopic (exact) mass is 214 g/mol. The van der Waals surface area contributed by atoms with Gasteiger partial charge in [0.15, 0.2) is 0 Å². The number of carbonyl (C=O) groups is 1. The number of nitrogen functional groups attached to an aromatic ring is 1. The molecule has 0 saturated heterocycles.